The summed E-state index contributed by atoms with van der Waals surface area (Å²) in [5.74, 6) is 0. The molecule has 2 nitrogen and oxygen atoms in total. The molecule has 2 atom stereocenters. The van der Waals surface area contributed by atoms with Gasteiger partial charge in [-0.3, -0.25) is 0 Å². The third-order valence-corrected chi connectivity index (χ3v) is 4.15. The fraction of sp³-hybridized carbons (Fsp3) is 0.600. The van der Waals surface area contributed by atoms with Gasteiger partial charge in [-0.1, -0.05) is 42.7 Å². The van der Waals surface area contributed by atoms with E-state index in [0.717, 1.165) is 25.7 Å². The van der Waals surface area contributed by atoms with Gasteiger partial charge in [0.25, 0.3) is 0 Å². The Bertz CT molecular complexity index is 358. The molecule has 0 aliphatic heterocycles. The van der Waals surface area contributed by atoms with Gasteiger partial charge in [0.05, 0.1) is 0 Å². The zero-order chi connectivity index (χ0) is 12.3. The molecule has 1 aromatic rings. The fourth-order valence-electron chi connectivity index (χ4n) is 2.73. The first kappa shape index (κ1) is 12.6. The molecule has 1 aliphatic carbocycles. The molecule has 1 unspecified atom stereocenters. The van der Waals surface area contributed by atoms with Crippen molar-refractivity contribution in [3.8, 4) is 0 Å². The van der Waals surface area contributed by atoms with E-state index in [-0.39, 0.29) is 11.6 Å². The van der Waals surface area contributed by atoms with Crippen molar-refractivity contribution in [3.63, 3.8) is 0 Å². The van der Waals surface area contributed by atoms with Crippen LogP contribution in [0.5, 0.6) is 0 Å². The molecule has 1 fully saturated rings. The van der Waals surface area contributed by atoms with E-state index < -0.39 is 0 Å². The van der Waals surface area contributed by atoms with E-state index >= 15 is 0 Å². The predicted octanol–water partition coefficient (Wildman–Crippen LogP) is 2.53. The van der Waals surface area contributed by atoms with Crippen LogP contribution in [-0.4, -0.2) is 11.6 Å². The second-order valence-electron chi connectivity index (χ2n) is 5.57. The van der Waals surface area contributed by atoms with E-state index in [4.69, 9.17) is 11.5 Å². The molecule has 0 saturated heterocycles. The van der Waals surface area contributed by atoms with Crippen LogP contribution in [-0.2, 0) is 6.42 Å². The Hall–Kier alpha value is -0.860. The van der Waals surface area contributed by atoms with Gasteiger partial charge in [0, 0.05) is 11.6 Å². The lowest BCUT2D eigenvalue weighted by atomic mass is 9.75. The highest BCUT2D eigenvalue weighted by Crippen LogP contribution is 2.29. The van der Waals surface area contributed by atoms with Crippen LogP contribution < -0.4 is 11.5 Å². The molecular formula is C15H24N2. The summed E-state index contributed by atoms with van der Waals surface area (Å²) in [6.07, 6.45) is 6.70. The quantitative estimate of drug-likeness (QED) is 0.841. The van der Waals surface area contributed by atoms with Gasteiger partial charge < -0.3 is 11.5 Å². The number of aryl methyl sites for hydroxylation is 2. The summed E-state index contributed by atoms with van der Waals surface area (Å²) in [6, 6.07) is 8.92. The van der Waals surface area contributed by atoms with Gasteiger partial charge in [0.1, 0.15) is 0 Å². The summed E-state index contributed by atoms with van der Waals surface area (Å²) in [5.41, 5.74) is 15.2. The van der Waals surface area contributed by atoms with Crippen LogP contribution in [0.3, 0.4) is 0 Å². The average Bonchev–Trinajstić information content (AvgIpc) is 2.33. The number of hydrogen-bond donors (Lipinski definition) is 2. The van der Waals surface area contributed by atoms with Crippen molar-refractivity contribution in [1.29, 1.82) is 0 Å². The minimum atomic E-state index is -0.136. The molecule has 2 heteroatoms. The van der Waals surface area contributed by atoms with Crippen molar-refractivity contribution < 1.29 is 0 Å². The van der Waals surface area contributed by atoms with Gasteiger partial charge in [0.2, 0.25) is 0 Å². The van der Waals surface area contributed by atoms with Crippen LogP contribution in [0, 0.1) is 6.92 Å². The Morgan fingerprint density at radius 2 is 1.94 bits per heavy atom. The second kappa shape index (κ2) is 5.19. The average molecular weight is 232 g/mol. The van der Waals surface area contributed by atoms with E-state index in [1.54, 1.807) is 0 Å². The van der Waals surface area contributed by atoms with Crippen LogP contribution >= 0.6 is 0 Å². The minimum Gasteiger partial charge on any atom is -0.326 e. The number of benzene rings is 1. The van der Waals surface area contributed by atoms with E-state index in [0.29, 0.717) is 0 Å². The second-order valence-corrected chi connectivity index (χ2v) is 5.57. The Morgan fingerprint density at radius 1 is 1.24 bits per heavy atom. The third-order valence-electron chi connectivity index (χ3n) is 4.15. The van der Waals surface area contributed by atoms with Crippen LogP contribution in [0.15, 0.2) is 24.3 Å². The first-order valence-electron chi connectivity index (χ1n) is 6.70. The molecule has 2 rings (SSSR count). The summed E-state index contributed by atoms with van der Waals surface area (Å²) >= 11 is 0. The van der Waals surface area contributed by atoms with Crippen LogP contribution in [0.4, 0.5) is 0 Å². The maximum absolute atomic E-state index is 6.46. The van der Waals surface area contributed by atoms with Crippen molar-refractivity contribution in [2.24, 2.45) is 11.5 Å². The smallest absolute Gasteiger partial charge is 0.0310 e. The van der Waals surface area contributed by atoms with Crippen molar-refractivity contribution >= 4 is 0 Å². The molecule has 0 radical (unpaired) electrons. The minimum absolute atomic E-state index is 0.136. The Kier molecular flexibility index (Phi) is 3.85. The molecule has 0 aromatic heterocycles. The van der Waals surface area contributed by atoms with E-state index in [1.807, 2.05) is 0 Å². The van der Waals surface area contributed by atoms with Crippen LogP contribution in [0.25, 0.3) is 0 Å². The standard InChI is InChI=1S/C15H24N2/c1-12-5-7-13(8-6-12)9-11-15(17)10-3-2-4-14(15)16/h5-8,14H,2-4,9-11,16-17H2,1H3/t14?,15-/m0/s1. The van der Waals surface area contributed by atoms with Gasteiger partial charge in [-0.2, -0.15) is 0 Å². The van der Waals surface area contributed by atoms with E-state index in [9.17, 15) is 0 Å². The van der Waals surface area contributed by atoms with Crippen molar-refractivity contribution in [2.45, 2.75) is 57.0 Å². The maximum atomic E-state index is 6.46. The molecule has 94 valence electrons. The summed E-state index contributed by atoms with van der Waals surface area (Å²) in [7, 11) is 0. The topological polar surface area (TPSA) is 52.0 Å². The predicted molar refractivity (Wildman–Crippen MR) is 72.9 cm³/mol. The Balaban J connectivity index is 1.94. The Morgan fingerprint density at radius 3 is 2.59 bits per heavy atom. The van der Waals surface area contributed by atoms with Gasteiger partial charge >= 0.3 is 0 Å². The molecule has 1 aliphatic rings. The summed E-state index contributed by atoms with van der Waals surface area (Å²) < 4.78 is 0. The molecule has 17 heavy (non-hydrogen) atoms. The maximum Gasteiger partial charge on any atom is 0.0310 e. The van der Waals surface area contributed by atoms with Crippen LogP contribution in [0.2, 0.25) is 0 Å². The van der Waals surface area contributed by atoms with Crippen molar-refractivity contribution in [1.82, 2.24) is 0 Å². The molecule has 0 spiro atoms. The lowest BCUT2D eigenvalue weighted by Gasteiger charge is -2.39. The summed E-state index contributed by atoms with van der Waals surface area (Å²) in [4.78, 5) is 0. The van der Waals surface area contributed by atoms with Gasteiger partial charge in [0.15, 0.2) is 0 Å². The zero-order valence-corrected chi connectivity index (χ0v) is 10.8. The number of rotatable bonds is 3. The van der Waals surface area contributed by atoms with E-state index in [1.165, 1.54) is 24.0 Å². The SMILES string of the molecule is Cc1ccc(CC[C@@]2(N)CCCCC2N)cc1. The Labute approximate surface area is 104 Å². The monoisotopic (exact) mass is 232 g/mol. The number of hydrogen-bond acceptors (Lipinski definition) is 2. The lowest BCUT2D eigenvalue weighted by Crippen LogP contribution is -2.57. The van der Waals surface area contributed by atoms with Crippen LogP contribution in [0.1, 0.15) is 43.2 Å². The fourth-order valence-corrected chi connectivity index (χ4v) is 2.73. The normalized spacial score (nSPS) is 29.2. The largest absolute Gasteiger partial charge is 0.326 e. The molecule has 1 saturated carbocycles. The third kappa shape index (κ3) is 3.08. The summed E-state index contributed by atoms with van der Waals surface area (Å²) in [6.45, 7) is 2.12. The van der Waals surface area contributed by atoms with Crippen molar-refractivity contribution in [3.05, 3.63) is 35.4 Å². The van der Waals surface area contributed by atoms with Gasteiger partial charge in [-0.15, -0.1) is 0 Å². The van der Waals surface area contributed by atoms with Gasteiger partial charge in [-0.05, 0) is 38.2 Å². The molecule has 0 bridgehead atoms. The first-order chi connectivity index (χ1) is 8.10. The molecular weight excluding hydrogens is 208 g/mol. The molecule has 1 aromatic carbocycles. The highest BCUT2D eigenvalue weighted by molar-refractivity contribution is 5.21. The lowest BCUT2D eigenvalue weighted by molar-refractivity contribution is 0.237. The molecule has 0 amide bonds. The molecule has 0 heterocycles. The van der Waals surface area contributed by atoms with Crippen molar-refractivity contribution in [2.75, 3.05) is 0 Å². The van der Waals surface area contributed by atoms with Gasteiger partial charge in [-0.25, -0.2) is 0 Å². The zero-order valence-electron chi connectivity index (χ0n) is 10.8. The summed E-state index contributed by atoms with van der Waals surface area (Å²) in [5, 5.41) is 0. The number of nitrogens with two attached hydrogens (primary N) is 2. The highest BCUT2D eigenvalue weighted by atomic mass is 14.9. The highest BCUT2D eigenvalue weighted by Gasteiger charge is 2.34. The van der Waals surface area contributed by atoms with E-state index in [2.05, 4.69) is 31.2 Å². The first-order valence-corrected chi connectivity index (χ1v) is 6.70. The molecule has 4 N–H and O–H groups in total.